The highest BCUT2D eigenvalue weighted by molar-refractivity contribution is 5.13. The molecule has 4 fully saturated rings. The molecule has 2 nitrogen and oxygen atoms in total. The highest BCUT2D eigenvalue weighted by Crippen LogP contribution is 2.67. The molecular weight excluding hydrogens is 164 g/mol. The molecule has 0 amide bonds. The molecule has 13 heavy (non-hydrogen) atoms. The SMILES string of the molecule is C1COC2(O1)[C@@H]1C[C@@H]3CC[C@H]2[C@H]1C3. The molecule has 0 N–H and O–H groups in total. The van der Waals surface area contributed by atoms with Crippen molar-refractivity contribution in [3.05, 3.63) is 0 Å². The zero-order valence-electron chi connectivity index (χ0n) is 7.87. The van der Waals surface area contributed by atoms with E-state index in [4.69, 9.17) is 9.47 Å². The summed E-state index contributed by atoms with van der Waals surface area (Å²) in [5.74, 6) is 3.44. The Kier molecular flexibility index (Phi) is 1.18. The summed E-state index contributed by atoms with van der Waals surface area (Å²) in [6.07, 6.45) is 5.67. The summed E-state index contributed by atoms with van der Waals surface area (Å²) in [5, 5.41) is 0. The highest BCUT2D eigenvalue weighted by Gasteiger charge is 2.69. The number of ether oxygens (including phenoxy) is 2. The van der Waals surface area contributed by atoms with Gasteiger partial charge in [-0.1, -0.05) is 0 Å². The average molecular weight is 180 g/mol. The number of hydrogen-bond acceptors (Lipinski definition) is 2. The lowest BCUT2D eigenvalue weighted by Crippen LogP contribution is -2.61. The average Bonchev–Trinajstić information content (AvgIpc) is 2.68. The maximum atomic E-state index is 5.90. The van der Waals surface area contributed by atoms with Crippen LogP contribution in [0.5, 0.6) is 0 Å². The van der Waals surface area contributed by atoms with E-state index in [9.17, 15) is 0 Å². The molecule has 72 valence electrons. The molecule has 1 spiro atoms. The topological polar surface area (TPSA) is 18.5 Å². The maximum absolute atomic E-state index is 5.90. The summed E-state index contributed by atoms with van der Waals surface area (Å²) >= 11 is 0. The summed E-state index contributed by atoms with van der Waals surface area (Å²) < 4.78 is 11.8. The van der Waals surface area contributed by atoms with Crippen LogP contribution < -0.4 is 0 Å². The molecule has 0 radical (unpaired) electrons. The second kappa shape index (κ2) is 2.12. The van der Waals surface area contributed by atoms with Crippen molar-refractivity contribution in [2.45, 2.75) is 31.5 Å². The monoisotopic (exact) mass is 180 g/mol. The molecule has 4 atom stereocenters. The largest absolute Gasteiger partial charge is 0.347 e. The lowest BCUT2D eigenvalue weighted by molar-refractivity contribution is -0.312. The predicted octanol–water partition coefficient (Wildman–Crippen LogP) is 1.80. The molecule has 1 heterocycles. The van der Waals surface area contributed by atoms with E-state index < -0.39 is 0 Å². The van der Waals surface area contributed by atoms with Gasteiger partial charge in [0.2, 0.25) is 0 Å². The first-order valence-corrected chi connectivity index (χ1v) is 5.68. The summed E-state index contributed by atoms with van der Waals surface area (Å²) in [6.45, 7) is 1.68. The minimum Gasteiger partial charge on any atom is -0.347 e. The lowest BCUT2D eigenvalue weighted by atomic mass is 9.59. The van der Waals surface area contributed by atoms with Gasteiger partial charge in [0.15, 0.2) is 5.79 Å². The van der Waals surface area contributed by atoms with Crippen LogP contribution >= 0.6 is 0 Å². The van der Waals surface area contributed by atoms with Crippen LogP contribution in [0.1, 0.15) is 25.7 Å². The molecule has 0 aromatic heterocycles. The Morgan fingerprint density at radius 1 is 0.923 bits per heavy atom. The zero-order chi connectivity index (χ0) is 8.47. The molecule has 3 saturated carbocycles. The third kappa shape index (κ3) is 0.668. The van der Waals surface area contributed by atoms with E-state index in [1.807, 2.05) is 0 Å². The summed E-state index contributed by atoms with van der Waals surface area (Å²) in [5.41, 5.74) is 0. The molecule has 1 saturated heterocycles. The van der Waals surface area contributed by atoms with Crippen LogP contribution in [0.15, 0.2) is 0 Å². The number of rotatable bonds is 0. The zero-order valence-corrected chi connectivity index (χ0v) is 7.87. The van der Waals surface area contributed by atoms with Gasteiger partial charge in [0, 0.05) is 11.8 Å². The van der Waals surface area contributed by atoms with Crippen LogP contribution in [0.3, 0.4) is 0 Å². The molecule has 4 aliphatic rings. The maximum Gasteiger partial charge on any atom is 0.174 e. The summed E-state index contributed by atoms with van der Waals surface area (Å²) in [4.78, 5) is 0. The molecule has 1 aliphatic heterocycles. The quantitative estimate of drug-likeness (QED) is 0.566. The molecular formula is C11H16O2. The van der Waals surface area contributed by atoms with Crippen LogP contribution in [-0.4, -0.2) is 19.0 Å². The number of fused-ring (bicyclic) bond motifs is 3. The van der Waals surface area contributed by atoms with E-state index in [1.54, 1.807) is 0 Å². The molecule has 0 aromatic rings. The van der Waals surface area contributed by atoms with Crippen LogP contribution in [0, 0.1) is 23.7 Å². The normalized spacial score (nSPS) is 55.4. The van der Waals surface area contributed by atoms with Gasteiger partial charge >= 0.3 is 0 Å². The summed E-state index contributed by atoms with van der Waals surface area (Å²) in [6, 6.07) is 0. The third-order valence-corrected chi connectivity index (χ3v) is 4.88. The molecule has 4 rings (SSSR count). The Labute approximate surface area is 78.6 Å². The van der Waals surface area contributed by atoms with Gasteiger partial charge in [-0.25, -0.2) is 0 Å². The van der Waals surface area contributed by atoms with Gasteiger partial charge in [0.05, 0.1) is 13.2 Å². The Bertz CT molecular complexity index is 236. The molecule has 2 bridgehead atoms. The van der Waals surface area contributed by atoms with E-state index in [-0.39, 0.29) is 5.79 Å². The predicted molar refractivity (Wildman–Crippen MR) is 47.1 cm³/mol. The fraction of sp³-hybridized carbons (Fsp3) is 1.00. The third-order valence-electron chi connectivity index (χ3n) is 4.88. The summed E-state index contributed by atoms with van der Waals surface area (Å²) in [7, 11) is 0. The highest BCUT2D eigenvalue weighted by atomic mass is 16.7. The van der Waals surface area contributed by atoms with Crippen LogP contribution in [-0.2, 0) is 9.47 Å². The van der Waals surface area contributed by atoms with Gasteiger partial charge in [-0.05, 0) is 37.5 Å². The Morgan fingerprint density at radius 3 is 2.62 bits per heavy atom. The Morgan fingerprint density at radius 2 is 1.77 bits per heavy atom. The van der Waals surface area contributed by atoms with Crippen molar-refractivity contribution < 1.29 is 9.47 Å². The first-order chi connectivity index (χ1) is 6.40. The van der Waals surface area contributed by atoms with Crippen molar-refractivity contribution in [3.63, 3.8) is 0 Å². The van der Waals surface area contributed by atoms with Crippen LogP contribution in [0.4, 0.5) is 0 Å². The first-order valence-electron chi connectivity index (χ1n) is 5.68. The fourth-order valence-corrected chi connectivity index (χ4v) is 4.48. The standard InChI is InChI=1S/C11H16O2/c1-2-9-8-5-7(1)6-10(8)11(9)12-3-4-13-11/h7-10H,1-6H2/t7-,8-,9+,10-/m1/s1. The Hall–Kier alpha value is -0.0800. The molecule has 2 heteroatoms. The van der Waals surface area contributed by atoms with E-state index >= 15 is 0 Å². The van der Waals surface area contributed by atoms with Crippen molar-refractivity contribution in [1.29, 1.82) is 0 Å². The van der Waals surface area contributed by atoms with Crippen LogP contribution in [0.25, 0.3) is 0 Å². The van der Waals surface area contributed by atoms with E-state index in [0.29, 0.717) is 0 Å². The van der Waals surface area contributed by atoms with Crippen LogP contribution in [0.2, 0.25) is 0 Å². The van der Waals surface area contributed by atoms with Crippen molar-refractivity contribution in [1.82, 2.24) is 0 Å². The van der Waals surface area contributed by atoms with Gasteiger partial charge in [0.1, 0.15) is 0 Å². The van der Waals surface area contributed by atoms with Crippen molar-refractivity contribution in [2.24, 2.45) is 23.7 Å². The van der Waals surface area contributed by atoms with Crippen molar-refractivity contribution in [2.75, 3.05) is 13.2 Å². The molecule has 0 aromatic carbocycles. The van der Waals surface area contributed by atoms with Gasteiger partial charge in [0.25, 0.3) is 0 Å². The number of hydrogen-bond donors (Lipinski definition) is 0. The Balaban J connectivity index is 1.74. The van der Waals surface area contributed by atoms with Gasteiger partial charge in [-0.15, -0.1) is 0 Å². The van der Waals surface area contributed by atoms with Gasteiger partial charge < -0.3 is 9.47 Å². The van der Waals surface area contributed by atoms with Crippen molar-refractivity contribution >= 4 is 0 Å². The molecule has 3 aliphatic carbocycles. The minimum atomic E-state index is -0.0735. The lowest BCUT2D eigenvalue weighted by Gasteiger charge is -2.55. The van der Waals surface area contributed by atoms with Crippen molar-refractivity contribution in [3.8, 4) is 0 Å². The second-order valence-corrected chi connectivity index (χ2v) is 5.21. The smallest absolute Gasteiger partial charge is 0.174 e. The molecule has 0 unspecified atom stereocenters. The second-order valence-electron chi connectivity index (χ2n) is 5.21. The first kappa shape index (κ1) is 7.24. The minimum absolute atomic E-state index is 0.0735. The van der Waals surface area contributed by atoms with Gasteiger partial charge in [-0.3, -0.25) is 0 Å². The fourth-order valence-electron chi connectivity index (χ4n) is 4.48. The van der Waals surface area contributed by atoms with E-state index in [0.717, 1.165) is 36.9 Å². The van der Waals surface area contributed by atoms with E-state index in [1.165, 1.54) is 25.7 Å². The van der Waals surface area contributed by atoms with Gasteiger partial charge in [-0.2, -0.15) is 0 Å². The van der Waals surface area contributed by atoms with E-state index in [2.05, 4.69) is 0 Å².